The molecule has 0 saturated heterocycles. The lowest BCUT2D eigenvalue weighted by molar-refractivity contribution is -0.141. The number of nitrogens with one attached hydrogen (secondary N) is 1. The van der Waals surface area contributed by atoms with Crippen LogP contribution in [0.4, 0.5) is 5.82 Å². The molecule has 104 valence electrons. The quantitative estimate of drug-likeness (QED) is 0.861. The predicted molar refractivity (Wildman–Crippen MR) is 71.3 cm³/mol. The second-order valence-corrected chi connectivity index (χ2v) is 5.27. The molecular formula is C13H19N3O3. The molecule has 1 heterocycles. The van der Waals surface area contributed by atoms with Crippen LogP contribution in [0.1, 0.15) is 39.2 Å². The van der Waals surface area contributed by atoms with Gasteiger partial charge in [0.2, 0.25) is 0 Å². The number of hydrogen-bond acceptors (Lipinski definition) is 4. The molecule has 2 N–H and O–H groups in total. The molecule has 0 radical (unpaired) electrons. The molecule has 0 spiro atoms. The maximum Gasteiger partial charge on any atom is 0.306 e. The number of carboxylic acid groups (broad SMARTS) is 1. The zero-order valence-corrected chi connectivity index (χ0v) is 11.2. The summed E-state index contributed by atoms with van der Waals surface area (Å²) >= 11 is 0. The van der Waals surface area contributed by atoms with Crippen LogP contribution in [-0.2, 0) is 4.79 Å². The van der Waals surface area contributed by atoms with Gasteiger partial charge in [0.05, 0.1) is 5.92 Å². The smallest absolute Gasteiger partial charge is 0.306 e. The van der Waals surface area contributed by atoms with Crippen LogP contribution in [0.5, 0.6) is 0 Å². The van der Waals surface area contributed by atoms with Crippen molar-refractivity contribution in [3.63, 3.8) is 0 Å². The van der Waals surface area contributed by atoms with Gasteiger partial charge in [0.15, 0.2) is 5.82 Å². The molecule has 1 aliphatic carbocycles. The number of nitrogens with zero attached hydrogens (tertiary/aromatic N) is 2. The number of hydrogen-bond donors (Lipinski definition) is 2. The van der Waals surface area contributed by atoms with E-state index in [0.29, 0.717) is 18.7 Å². The molecule has 1 saturated carbocycles. The molecule has 1 aromatic rings. The topological polar surface area (TPSA) is 84.2 Å². The summed E-state index contributed by atoms with van der Waals surface area (Å²) in [5.74, 6) is -0.759. The van der Waals surface area contributed by atoms with E-state index in [4.69, 9.17) is 5.11 Å². The van der Waals surface area contributed by atoms with Crippen LogP contribution >= 0.6 is 0 Å². The van der Waals surface area contributed by atoms with Gasteiger partial charge in [-0.1, -0.05) is 0 Å². The van der Waals surface area contributed by atoms with Gasteiger partial charge in [0.25, 0.3) is 5.56 Å². The number of carbonyl (C=O) groups is 1. The Balaban J connectivity index is 2.11. The average Bonchev–Trinajstić information content (AvgIpc) is 2.80. The molecule has 19 heavy (non-hydrogen) atoms. The van der Waals surface area contributed by atoms with Crippen LogP contribution in [0.3, 0.4) is 0 Å². The summed E-state index contributed by atoms with van der Waals surface area (Å²) in [5, 5.41) is 12.0. The Bertz CT molecular complexity index is 524. The molecule has 6 nitrogen and oxygen atoms in total. The van der Waals surface area contributed by atoms with Crippen molar-refractivity contribution in [3.05, 3.63) is 22.7 Å². The lowest BCUT2D eigenvalue weighted by atomic mass is 10.1. The van der Waals surface area contributed by atoms with Crippen LogP contribution in [0.15, 0.2) is 17.2 Å². The molecular weight excluding hydrogens is 246 g/mol. The van der Waals surface area contributed by atoms with E-state index >= 15 is 0 Å². The van der Waals surface area contributed by atoms with Gasteiger partial charge in [-0.25, -0.2) is 4.98 Å². The SMILES string of the molecule is CC(C)n1ccnc(NC2CCC(C(=O)O)C2)c1=O. The van der Waals surface area contributed by atoms with Gasteiger partial charge in [-0.05, 0) is 33.1 Å². The second-order valence-electron chi connectivity index (χ2n) is 5.27. The Morgan fingerprint density at radius 1 is 1.53 bits per heavy atom. The van der Waals surface area contributed by atoms with Crippen molar-refractivity contribution in [1.82, 2.24) is 9.55 Å². The van der Waals surface area contributed by atoms with Crippen LogP contribution < -0.4 is 10.9 Å². The maximum absolute atomic E-state index is 12.1. The van der Waals surface area contributed by atoms with E-state index in [1.54, 1.807) is 17.0 Å². The van der Waals surface area contributed by atoms with Gasteiger partial charge in [0.1, 0.15) is 0 Å². The van der Waals surface area contributed by atoms with Gasteiger partial charge in [0, 0.05) is 24.5 Å². The number of rotatable bonds is 4. The highest BCUT2D eigenvalue weighted by Crippen LogP contribution is 2.27. The summed E-state index contributed by atoms with van der Waals surface area (Å²) < 4.78 is 1.61. The lowest BCUT2D eigenvalue weighted by Crippen LogP contribution is -2.29. The van der Waals surface area contributed by atoms with E-state index in [2.05, 4.69) is 10.3 Å². The minimum atomic E-state index is -0.759. The van der Waals surface area contributed by atoms with Crippen LogP contribution in [0.2, 0.25) is 0 Å². The first-order valence-corrected chi connectivity index (χ1v) is 6.55. The van der Waals surface area contributed by atoms with Crippen LogP contribution in [-0.4, -0.2) is 26.7 Å². The van der Waals surface area contributed by atoms with Crippen molar-refractivity contribution in [2.75, 3.05) is 5.32 Å². The number of anilines is 1. The van der Waals surface area contributed by atoms with Gasteiger partial charge in [-0.3, -0.25) is 9.59 Å². The van der Waals surface area contributed by atoms with Crippen LogP contribution in [0.25, 0.3) is 0 Å². The highest BCUT2D eigenvalue weighted by Gasteiger charge is 2.30. The minimum absolute atomic E-state index is 0.0179. The first kappa shape index (κ1) is 13.6. The van der Waals surface area contributed by atoms with E-state index in [1.807, 2.05) is 13.8 Å². The lowest BCUT2D eigenvalue weighted by Gasteiger charge is -2.15. The minimum Gasteiger partial charge on any atom is -0.481 e. The molecule has 1 aliphatic rings. The normalized spacial score (nSPS) is 22.7. The van der Waals surface area contributed by atoms with Crippen molar-refractivity contribution in [1.29, 1.82) is 0 Å². The number of aromatic nitrogens is 2. The zero-order valence-electron chi connectivity index (χ0n) is 11.2. The Hall–Kier alpha value is -1.85. The summed E-state index contributed by atoms with van der Waals surface area (Å²) in [5.41, 5.74) is -0.156. The molecule has 1 aromatic heterocycles. The van der Waals surface area contributed by atoms with Gasteiger partial charge in [-0.2, -0.15) is 0 Å². The van der Waals surface area contributed by atoms with Crippen molar-refractivity contribution in [3.8, 4) is 0 Å². The van der Waals surface area contributed by atoms with E-state index in [1.165, 1.54) is 0 Å². The van der Waals surface area contributed by atoms with E-state index in [9.17, 15) is 9.59 Å². The maximum atomic E-state index is 12.1. The molecule has 2 unspecified atom stereocenters. The monoisotopic (exact) mass is 265 g/mol. The second kappa shape index (κ2) is 5.42. The third kappa shape index (κ3) is 2.94. The Labute approximate surface area is 111 Å². The predicted octanol–water partition coefficient (Wildman–Crippen LogP) is 1.49. The molecule has 0 aliphatic heterocycles. The first-order chi connectivity index (χ1) is 8.99. The number of aliphatic carboxylic acids is 1. The molecule has 0 aromatic carbocycles. The molecule has 6 heteroatoms. The summed E-state index contributed by atoms with van der Waals surface area (Å²) in [4.78, 5) is 27.1. The highest BCUT2D eigenvalue weighted by molar-refractivity contribution is 5.70. The van der Waals surface area contributed by atoms with E-state index in [0.717, 1.165) is 6.42 Å². The Morgan fingerprint density at radius 2 is 2.26 bits per heavy atom. The van der Waals surface area contributed by atoms with Crippen molar-refractivity contribution in [2.45, 2.75) is 45.2 Å². The largest absolute Gasteiger partial charge is 0.481 e. The molecule has 2 atom stereocenters. The van der Waals surface area contributed by atoms with Gasteiger partial charge in [-0.15, -0.1) is 0 Å². The van der Waals surface area contributed by atoms with Crippen LogP contribution in [0, 0.1) is 5.92 Å². The highest BCUT2D eigenvalue weighted by atomic mass is 16.4. The van der Waals surface area contributed by atoms with Gasteiger partial charge < -0.3 is 15.0 Å². The fourth-order valence-corrected chi connectivity index (χ4v) is 2.46. The molecule has 1 fully saturated rings. The summed E-state index contributed by atoms with van der Waals surface area (Å²) in [6.45, 7) is 3.86. The fourth-order valence-electron chi connectivity index (χ4n) is 2.46. The Kier molecular flexibility index (Phi) is 3.87. The molecule has 0 bridgehead atoms. The first-order valence-electron chi connectivity index (χ1n) is 6.55. The third-order valence-electron chi connectivity index (χ3n) is 3.55. The van der Waals surface area contributed by atoms with Crippen molar-refractivity contribution in [2.24, 2.45) is 5.92 Å². The van der Waals surface area contributed by atoms with Crippen molar-refractivity contribution < 1.29 is 9.90 Å². The van der Waals surface area contributed by atoms with Gasteiger partial charge >= 0.3 is 5.97 Å². The average molecular weight is 265 g/mol. The standard InChI is InChI=1S/C13H19N3O3/c1-8(2)16-6-5-14-11(12(16)17)15-10-4-3-9(7-10)13(18)19/h5-6,8-10H,3-4,7H2,1-2H3,(H,14,15)(H,18,19). The van der Waals surface area contributed by atoms with Crippen molar-refractivity contribution >= 4 is 11.8 Å². The summed E-state index contributed by atoms with van der Waals surface area (Å²) in [6, 6.07) is 0.0932. The number of carboxylic acids is 1. The Morgan fingerprint density at radius 3 is 2.84 bits per heavy atom. The summed E-state index contributed by atoms with van der Waals surface area (Å²) in [6.07, 6.45) is 5.21. The summed E-state index contributed by atoms with van der Waals surface area (Å²) in [7, 11) is 0. The zero-order chi connectivity index (χ0) is 14.0. The third-order valence-corrected chi connectivity index (χ3v) is 3.55. The molecule has 0 amide bonds. The van der Waals surface area contributed by atoms with E-state index in [-0.39, 0.29) is 23.6 Å². The van der Waals surface area contributed by atoms with E-state index < -0.39 is 5.97 Å². The fraction of sp³-hybridized carbons (Fsp3) is 0.615. The molecule has 2 rings (SSSR count).